The van der Waals surface area contributed by atoms with Crippen molar-refractivity contribution in [1.82, 2.24) is 4.90 Å². The third-order valence-electron chi connectivity index (χ3n) is 3.18. The van der Waals surface area contributed by atoms with Gasteiger partial charge < -0.3 is 9.52 Å². The van der Waals surface area contributed by atoms with Gasteiger partial charge in [0.15, 0.2) is 0 Å². The Hall–Kier alpha value is -0.800. The molecule has 2 atom stereocenters. The molecule has 2 rings (SSSR count). The van der Waals surface area contributed by atoms with Crippen LogP contribution in [0.15, 0.2) is 22.8 Å². The zero-order valence-electron chi connectivity index (χ0n) is 9.22. The normalized spacial score (nSPS) is 25.3. The van der Waals surface area contributed by atoms with Gasteiger partial charge in [0, 0.05) is 6.54 Å². The van der Waals surface area contributed by atoms with E-state index in [0.717, 1.165) is 31.8 Å². The molecule has 0 amide bonds. The molecule has 1 N–H and O–H groups in total. The van der Waals surface area contributed by atoms with Crippen molar-refractivity contribution in [3.63, 3.8) is 0 Å². The second-order valence-corrected chi connectivity index (χ2v) is 4.46. The van der Waals surface area contributed by atoms with E-state index in [1.54, 1.807) is 6.26 Å². The zero-order chi connectivity index (χ0) is 10.7. The molecule has 3 heteroatoms. The maximum atomic E-state index is 9.57. The Labute approximate surface area is 90.7 Å². The number of furan rings is 1. The summed E-state index contributed by atoms with van der Waals surface area (Å²) in [6.45, 7) is 4.86. The molecule has 1 fully saturated rings. The number of aliphatic hydroxyl groups excluding tert-OH is 1. The van der Waals surface area contributed by atoms with Gasteiger partial charge in [0.25, 0.3) is 0 Å². The van der Waals surface area contributed by atoms with E-state index >= 15 is 0 Å². The highest BCUT2D eigenvalue weighted by Crippen LogP contribution is 2.21. The predicted octanol–water partition coefficient (Wildman–Crippen LogP) is 1.87. The highest BCUT2D eigenvalue weighted by atomic mass is 16.3. The second-order valence-electron chi connectivity index (χ2n) is 4.46. The minimum atomic E-state index is -0.190. The Morgan fingerprint density at radius 3 is 3.20 bits per heavy atom. The minimum absolute atomic E-state index is 0.190. The molecule has 0 aromatic carbocycles. The maximum absolute atomic E-state index is 9.57. The van der Waals surface area contributed by atoms with Crippen LogP contribution in [-0.4, -0.2) is 29.2 Å². The molecule has 1 aromatic rings. The molecule has 0 aliphatic carbocycles. The summed E-state index contributed by atoms with van der Waals surface area (Å²) in [4.78, 5) is 2.36. The Bertz CT molecular complexity index is 282. The highest BCUT2D eigenvalue weighted by Gasteiger charge is 2.23. The van der Waals surface area contributed by atoms with Crippen molar-refractivity contribution in [2.75, 3.05) is 13.1 Å². The lowest BCUT2D eigenvalue weighted by atomic mass is 9.93. The van der Waals surface area contributed by atoms with Gasteiger partial charge in [0.2, 0.25) is 0 Å². The lowest BCUT2D eigenvalue weighted by Crippen LogP contribution is -2.38. The minimum Gasteiger partial charge on any atom is -0.468 e. The number of nitrogens with zero attached hydrogens (tertiary/aromatic N) is 1. The van der Waals surface area contributed by atoms with E-state index in [0.29, 0.717) is 5.92 Å². The topological polar surface area (TPSA) is 36.6 Å². The van der Waals surface area contributed by atoms with Crippen molar-refractivity contribution >= 4 is 0 Å². The molecule has 1 aromatic heterocycles. The fourth-order valence-electron chi connectivity index (χ4n) is 2.25. The van der Waals surface area contributed by atoms with Crippen LogP contribution >= 0.6 is 0 Å². The van der Waals surface area contributed by atoms with Crippen molar-refractivity contribution < 1.29 is 9.52 Å². The molecule has 15 heavy (non-hydrogen) atoms. The SMILES string of the molecule is CC(O)C1CCCN(Cc2ccco2)C1. The van der Waals surface area contributed by atoms with E-state index in [1.807, 2.05) is 19.1 Å². The van der Waals surface area contributed by atoms with E-state index in [9.17, 15) is 5.11 Å². The number of aliphatic hydroxyl groups is 1. The third kappa shape index (κ3) is 2.83. The molecule has 2 unspecified atom stereocenters. The van der Waals surface area contributed by atoms with Gasteiger partial charge in [-0.25, -0.2) is 0 Å². The summed E-state index contributed by atoms with van der Waals surface area (Å²) in [5, 5.41) is 9.57. The molecule has 84 valence electrons. The zero-order valence-corrected chi connectivity index (χ0v) is 9.22. The summed E-state index contributed by atoms with van der Waals surface area (Å²) in [6, 6.07) is 3.93. The van der Waals surface area contributed by atoms with Gasteiger partial charge in [-0.2, -0.15) is 0 Å². The second kappa shape index (κ2) is 4.81. The number of hydrogen-bond acceptors (Lipinski definition) is 3. The Balaban J connectivity index is 1.88. The lowest BCUT2D eigenvalue weighted by Gasteiger charge is -2.33. The number of likely N-dealkylation sites (tertiary alicyclic amines) is 1. The average molecular weight is 209 g/mol. The van der Waals surface area contributed by atoms with Crippen LogP contribution < -0.4 is 0 Å². The first kappa shape index (κ1) is 10.7. The van der Waals surface area contributed by atoms with Gasteiger partial charge >= 0.3 is 0 Å². The average Bonchev–Trinajstić information content (AvgIpc) is 2.71. The van der Waals surface area contributed by atoms with Gasteiger partial charge in [-0.15, -0.1) is 0 Å². The van der Waals surface area contributed by atoms with E-state index in [4.69, 9.17) is 4.42 Å². The molecule has 0 radical (unpaired) electrons. The van der Waals surface area contributed by atoms with Crippen molar-refractivity contribution in [3.05, 3.63) is 24.2 Å². The maximum Gasteiger partial charge on any atom is 0.117 e. The quantitative estimate of drug-likeness (QED) is 0.825. The van der Waals surface area contributed by atoms with Gasteiger partial charge in [-0.1, -0.05) is 0 Å². The molecule has 1 saturated heterocycles. The summed E-state index contributed by atoms with van der Waals surface area (Å²) < 4.78 is 5.33. The molecule has 1 aliphatic rings. The van der Waals surface area contributed by atoms with Gasteiger partial charge in [0.05, 0.1) is 18.9 Å². The van der Waals surface area contributed by atoms with Crippen LogP contribution in [0.25, 0.3) is 0 Å². The van der Waals surface area contributed by atoms with E-state index in [1.165, 1.54) is 6.42 Å². The first-order chi connectivity index (χ1) is 7.25. The first-order valence-corrected chi connectivity index (χ1v) is 5.68. The van der Waals surface area contributed by atoms with Crippen molar-refractivity contribution in [2.45, 2.75) is 32.4 Å². The fraction of sp³-hybridized carbons (Fsp3) is 0.667. The van der Waals surface area contributed by atoms with Crippen LogP contribution in [0.4, 0.5) is 0 Å². The summed E-state index contributed by atoms with van der Waals surface area (Å²) in [5.74, 6) is 1.44. The monoisotopic (exact) mass is 209 g/mol. The summed E-state index contributed by atoms with van der Waals surface area (Å²) in [7, 11) is 0. The molecule has 0 spiro atoms. The first-order valence-electron chi connectivity index (χ1n) is 5.68. The summed E-state index contributed by atoms with van der Waals surface area (Å²) >= 11 is 0. The molecule has 2 heterocycles. The molecule has 1 aliphatic heterocycles. The molecule has 0 saturated carbocycles. The molecular weight excluding hydrogens is 190 g/mol. The molecule has 0 bridgehead atoms. The number of hydrogen-bond donors (Lipinski definition) is 1. The van der Waals surface area contributed by atoms with E-state index in [-0.39, 0.29) is 6.10 Å². The van der Waals surface area contributed by atoms with Gasteiger partial charge in [0.1, 0.15) is 5.76 Å². The smallest absolute Gasteiger partial charge is 0.117 e. The molecular formula is C12H19NO2. The number of rotatable bonds is 3. The van der Waals surface area contributed by atoms with E-state index < -0.39 is 0 Å². The van der Waals surface area contributed by atoms with Crippen LogP contribution in [-0.2, 0) is 6.54 Å². The fourth-order valence-corrected chi connectivity index (χ4v) is 2.25. The predicted molar refractivity (Wildman–Crippen MR) is 58.4 cm³/mol. The largest absolute Gasteiger partial charge is 0.468 e. The van der Waals surface area contributed by atoms with Crippen molar-refractivity contribution in [2.24, 2.45) is 5.92 Å². The Morgan fingerprint density at radius 1 is 1.67 bits per heavy atom. The highest BCUT2D eigenvalue weighted by molar-refractivity contribution is 4.98. The van der Waals surface area contributed by atoms with Crippen LogP contribution in [0.3, 0.4) is 0 Å². The van der Waals surface area contributed by atoms with Gasteiger partial charge in [-0.3, -0.25) is 4.90 Å². The van der Waals surface area contributed by atoms with E-state index in [2.05, 4.69) is 4.90 Å². The molecule has 3 nitrogen and oxygen atoms in total. The third-order valence-corrected chi connectivity index (χ3v) is 3.18. The van der Waals surface area contributed by atoms with Crippen LogP contribution in [0.1, 0.15) is 25.5 Å². The van der Waals surface area contributed by atoms with Crippen LogP contribution in [0, 0.1) is 5.92 Å². The van der Waals surface area contributed by atoms with Gasteiger partial charge in [-0.05, 0) is 44.4 Å². The Morgan fingerprint density at radius 2 is 2.53 bits per heavy atom. The number of piperidine rings is 1. The lowest BCUT2D eigenvalue weighted by molar-refractivity contribution is 0.0572. The van der Waals surface area contributed by atoms with Crippen molar-refractivity contribution in [1.29, 1.82) is 0 Å². The van der Waals surface area contributed by atoms with Crippen LogP contribution in [0.5, 0.6) is 0 Å². The summed E-state index contributed by atoms with van der Waals surface area (Å²) in [6.07, 6.45) is 3.85. The van der Waals surface area contributed by atoms with Crippen LogP contribution in [0.2, 0.25) is 0 Å². The summed E-state index contributed by atoms with van der Waals surface area (Å²) in [5.41, 5.74) is 0. The van der Waals surface area contributed by atoms with Crippen molar-refractivity contribution in [3.8, 4) is 0 Å². The standard InChI is InChI=1S/C12H19NO2/c1-10(14)11-4-2-6-13(8-11)9-12-5-3-7-15-12/h3,5,7,10-11,14H,2,4,6,8-9H2,1H3. The Kier molecular flexibility index (Phi) is 3.44.